The van der Waals surface area contributed by atoms with Gasteiger partial charge >= 0.3 is 0 Å². The Labute approximate surface area is 115 Å². The molecule has 2 nitrogen and oxygen atoms in total. The molecule has 0 saturated heterocycles. The molecule has 1 aromatic carbocycles. The van der Waals surface area contributed by atoms with E-state index in [1.54, 1.807) is 6.07 Å². The minimum absolute atomic E-state index is 0.209. The van der Waals surface area contributed by atoms with Crippen molar-refractivity contribution in [3.63, 3.8) is 0 Å². The lowest BCUT2D eigenvalue weighted by atomic mass is 10.0. The van der Waals surface area contributed by atoms with Crippen LogP contribution in [0.25, 0.3) is 0 Å². The van der Waals surface area contributed by atoms with Gasteiger partial charge in [0.05, 0.1) is 5.56 Å². The summed E-state index contributed by atoms with van der Waals surface area (Å²) in [5.74, 6) is 0.153. The van der Waals surface area contributed by atoms with Gasteiger partial charge in [0.2, 0.25) is 0 Å². The van der Waals surface area contributed by atoms with Crippen LogP contribution >= 0.6 is 15.9 Å². The second-order valence-electron chi connectivity index (χ2n) is 4.82. The number of benzene rings is 1. The molecule has 1 aliphatic carbocycles. The van der Waals surface area contributed by atoms with E-state index in [1.165, 1.54) is 37.8 Å². The van der Waals surface area contributed by atoms with Crippen LogP contribution in [0.4, 0.5) is 4.39 Å². The van der Waals surface area contributed by atoms with Gasteiger partial charge in [-0.05, 0) is 46.5 Å². The highest BCUT2D eigenvalue weighted by Crippen LogP contribution is 2.27. The Morgan fingerprint density at radius 1 is 1.39 bits per heavy atom. The molecule has 0 unspecified atom stereocenters. The number of amides is 1. The third-order valence-corrected chi connectivity index (χ3v) is 4.18. The van der Waals surface area contributed by atoms with Crippen molar-refractivity contribution in [1.29, 1.82) is 0 Å². The Morgan fingerprint density at radius 2 is 2.11 bits per heavy atom. The molecule has 1 N–H and O–H groups in total. The topological polar surface area (TPSA) is 29.1 Å². The van der Waals surface area contributed by atoms with Gasteiger partial charge < -0.3 is 5.32 Å². The van der Waals surface area contributed by atoms with Gasteiger partial charge in [-0.3, -0.25) is 4.79 Å². The van der Waals surface area contributed by atoms with Crippen LogP contribution in [0.1, 0.15) is 42.5 Å². The molecule has 0 atom stereocenters. The van der Waals surface area contributed by atoms with Crippen LogP contribution in [-0.4, -0.2) is 12.5 Å². The molecular weight excluding hydrogens is 297 g/mol. The summed E-state index contributed by atoms with van der Waals surface area (Å²) in [7, 11) is 0. The molecule has 0 aromatic heterocycles. The van der Waals surface area contributed by atoms with Crippen LogP contribution in [0.3, 0.4) is 0 Å². The molecular formula is C14H17BrFNO. The zero-order valence-electron chi connectivity index (χ0n) is 10.2. The lowest BCUT2D eigenvalue weighted by Gasteiger charge is -2.10. The first-order valence-corrected chi connectivity index (χ1v) is 7.19. The minimum Gasteiger partial charge on any atom is -0.352 e. The lowest BCUT2D eigenvalue weighted by molar-refractivity contribution is 0.0950. The van der Waals surface area contributed by atoms with E-state index in [2.05, 4.69) is 21.2 Å². The number of halogens is 2. The van der Waals surface area contributed by atoms with Crippen molar-refractivity contribution in [3.05, 3.63) is 34.1 Å². The lowest BCUT2D eigenvalue weighted by Crippen LogP contribution is -2.26. The van der Waals surface area contributed by atoms with E-state index in [9.17, 15) is 9.18 Å². The molecule has 2 rings (SSSR count). The van der Waals surface area contributed by atoms with E-state index in [0.29, 0.717) is 16.6 Å². The second kappa shape index (κ2) is 6.32. The standard InChI is InChI=1S/C14H17BrFNO/c15-13-6-5-11(16)9-12(13)14(18)17-8-7-10-3-1-2-4-10/h5-6,9-10H,1-4,7-8H2,(H,17,18). The number of nitrogens with one attached hydrogen (secondary N) is 1. The Hall–Kier alpha value is -0.900. The molecule has 1 fully saturated rings. The largest absolute Gasteiger partial charge is 0.352 e. The van der Waals surface area contributed by atoms with E-state index in [1.807, 2.05) is 0 Å². The Bertz CT molecular complexity index is 430. The number of carbonyl (C=O) groups is 1. The monoisotopic (exact) mass is 313 g/mol. The van der Waals surface area contributed by atoms with Crippen molar-refractivity contribution >= 4 is 21.8 Å². The molecule has 1 saturated carbocycles. The predicted octanol–water partition coefficient (Wildman–Crippen LogP) is 3.90. The molecule has 1 amide bonds. The maximum atomic E-state index is 13.1. The first-order valence-electron chi connectivity index (χ1n) is 6.40. The quantitative estimate of drug-likeness (QED) is 0.897. The maximum Gasteiger partial charge on any atom is 0.252 e. The summed E-state index contributed by atoms with van der Waals surface area (Å²) in [6.07, 6.45) is 6.21. The van der Waals surface area contributed by atoms with Crippen LogP contribution in [0.15, 0.2) is 22.7 Å². The van der Waals surface area contributed by atoms with Gasteiger partial charge in [-0.1, -0.05) is 25.7 Å². The molecule has 1 aliphatic rings. The first-order chi connectivity index (χ1) is 8.66. The molecule has 0 radical (unpaired) electrons. The van der Waals surface area contributed by atoms with Gasteiger partial charge in [-0.25, -0.2) is 4.39 Å². The van der Waals surface area contributed by atoms with Crippen LogP contribution in [0, 0.1) is 11.7 Å². The van der Waals surface area contributed by atoms with Crippen molar-refractivity contribution in [2.24, 2.45) is 5.92 Å². The summed E-state index contributed by atoms with van der Waals surface area (Å²) in [5.41, 5.74) is 0.362. The fourth-order valence-corrected chi connectivity index (χ4v) is 2.88. The highest BCUT2D eigenvalue weighted by Gasteiger charge is 2.15. The van der Waals surface area contributed by atoms with Crippen molar-refractivity contribution in [2.75, 3.05) is 6.54 Å². The Kier molecular flexibility index (Phi) is 4.75. The zero-order valence-corrected chi connectivity index (χ0v) is 11.8. The SMILES string of the molecule is O=C(NCCC1CCCC1)c1cc(F)ccc1Br. The predicted molar refractivity (Wildman–Crippen MR) is 73.0 cm³/mol. The molecule has 4 heteroatoms. The number of rotatable bonds is 4. The molecule has 1 aromatic rings. The highest BCUT2D eigenvalue weighted by atomic mass is 79.9. The van der Waals surface area contributed by atoms with E-state index >= 15 is 0 Å². The number of carbonyl (C=O) groups excluding carboxylic acids is 1. The smallest absolute Gasteiger partial charge is 0.252 e. The van der Waals surface area contributed by atoms with Gasteiger partial charge in [-0.2, -0.15) is 0 Å². The summed E-state index contributed by atoms with van der Waals surface area (Å²) in [6, 6.07) is 4.15. The zero-order chi connectivity index (χ0) is 13.0. The second-order valence-corrected chi connectivity index (χ2v) is 5.67. The fraction of sp³-hybridized carbons (Fsp3) is 0.500. The van der Waals surface area contributed by atoms with Crippen LogP contribution in [-0.2, 0) is 0 Å². The normalized spacial score (nSPS) is 15.9. The summed E-state index contributed by atoms with van der Waals surface area (Å²) in [5, 5.41) is 2.86. The van der Waals surface area contributed by atoms with Crippen LogP contribution in [0.2, 0.25) is 0 Å². The van der Waals surface area contributed by atoms with E-state index < -0.39 is 0 Å². The fourth-order valence-electron chi connectivity index (χ4n) is 2.46. The molecule has 0 heterocycles. The molecule has 18 heavy (non-hydrogen) atoms. The summed E-state index contributed by atoms with van der Waals surface area (Å²) >= 11 is 3.26. The number of hydrogen-bond acceptors (Lipinski definition) is 1. The van der Waals surface area contributed by atoms with E-state index in [0.717, 1.165) is 12.3 Å². The third kappa shape index (κ3) is 3.55. The van der Waals surface area contributed by atoms with Crippen LogP contribution in [0.5, 0.6) is 0 Å². The van der Waals surface area contributed by atoms with Gasteiger partial charge in [0.1, 0.15) is 5.82 Å². The third-order valence-electron chi connectivity index (χ3n) is 3.49. The summed E-state index contributed by atoms with van der Waals surface area (Å²) in [4.78, 5) is 11.9. The van der Waals surface area contributed by atoms with Crippen LogP contribution < -0.4 is 5.32 Å². The van der Waals surface area contributed by atoms with Crippen molar-refractivity contribution in [1.82, 2.24) is 5.32 Å². The van der Waals surface area contributed by atoms with Crippen molar-refractivity contribution in [2.45, 2.75) is 32.1 Å². The maximum absolute atomic E-state index is 13.1. The Morgan fingerprint density at radius 3 is 2.83 bits per heavy atom. The van der Waals surface area contributed by atoms with Crippen molar-refractivity contribution in [3.8, 4) is 0 Å². The van der Waals surface area contributed by atoms with Gasteiger partial charge in [0.25, 0.3) is 5.91 Å². The molecule has 98 valence electrons. The van der Waals surface area contributed by atoms with Crippen molar-refractivity contribution < 1.29 is 9.18 Å². The van der Waals surface area contributed by atoms with E-state index in [4.69, 9.17) is 0 Å². The van der Waals surface area contributed by atoms with Gasteiger partial charge in [-0.15, -0.1) is 0 Å². The Balaban J connectivity index is 1.85. The molecule has 0 aliphatic heterocycles. The van der Waals surface area contributed by atoms with E-state index in [-0.39, 0.29) is 11.7 Å². The molecule has 0 spiro atoms. The van der Waals surface area contributed by atoms with Gasteiger partial charge in [0.15, 0.2) is 0 Å². The minimum atomic E-state index is -0.390. The summed E-state index contributed by atoms with van der Waals surface area (Å²) in [6.45, 7) is 0.673. The molecule has 0 bridgehead atoms. The van der Waals surface area contributed by atoms with Gasteiger partial charge in [0, 0.05) is 11.0 Å². The average Bonchev–Trinajstić information content (AvgIpc) is 2.85. The summed E-state index contributed by atoms with van der Waals surface area (Å²) < 4.78 is 13.7. The average molecular weight is 314 g/mol. The highest BCUT2D eigenvalue weighted by molar-refractivity contribution is 9.10. The first kappa shape index (κ1) is 13.5. The number of hydrogen-bond donors (Lipinski definition) is 1.